The van der Waals surface area contributed by atoms with Crippen molar-refractivity contribution in [1.82, 2.24) is 30.0 Å². The van der Waals surface area contributed by atoms with Crippen molar-refractivity contribution in [3.63, 3.8) is 0 Å². The van der Waals surface area contributed by atoms with Crippen molar-refractivity contribution < 1.29 is 18.9 Å². The molecule has 0 fully saturated rings. The van der Waals surface area contributed by atoms with Crippen LogP contribution < -0.4 is 0 Å². The molecular formula is C22H28N6O4. The Kier molecular flexibility index (Phi) is 8.50. The normalized spacial score (nSPS) is 11.6. The first kappa shape index (κ1) is 22.3. The van der Waals surface area contributed by atoms with Gasteiger partial charge in [0.2, 0.25) is 0 Å². The summed E-state index contributed by atoms with van der Waals surface area (Å²) in [5.41, 5.74) is 3.82. The molecule has 0 aliphatic carbocycles. The summed E-state index contributed by atoms with van der Waals surface area (Å²) in [5.74, 6) is 0. The van der Waals surface area contributed by atoms with Crippen LogP contribution in [0.4, 0.5) is 0 Å². The molecule has 32 heavy (non-hydrogen) atoms. The minimum Gasteiger partial charge on any atom is -0.377 e. The van der Waals surface area contributed by atoms with Gasteiger partial charge in [-0.2, -0.15) is 0 Å². The highest BCUT2D eigenvalue weighted by Crippen LogP contribution is 2.10. The lowest BCUT2D eigenvalue weighted by molar-refractivity contribution is -0.00355. The minimum absolute atomic E-state index is 0.530. The molecule has 0 aliphatic rings. The van der Waals surface area contributed by atoms with E-state index < -0.39 is 0 Å². The summed E-state index contributed by atoms with van der Waals surface area (Å²) in [5, 5.41) is 16.5. The predicted molar refractivity (Wildman–Crippen MR) is 118 cm³/mol. The van der Waals surface area contributed by atoms with Gasteiger partial charge in [0.15, 0.2) is 0 Å². The van der Waals surface area contributed by atoms with Gasteiger partial charge in [0, 0.05) is 0 Å². The Morgan fingerprint density at radius 1 is 0.500 bits per heavy atom. The van der Waals surface area contributed by atoms with Gasteiger partial charge in [0.1, 0.15) is 11.0 Å². The van der Waals surface area contributed by atoms with E-state index in [1.807, 2.05) is 57.9 Å². The summed E-state index contributed by atoms with van der Waals surface area (Å²) < 4.78 is 25.9. The molecule has 2 aromatic heterocycles. The number of hydrogen-bond acceptors (Lipinski definition) is 8. The van der Waals surface area contributed by atoms with Gasteiger partial charge in [-0.05, 0) is 24.3 Å². The Balaban J connectivity index is 0.944. The highest BCUT2D eigenvalue weighted by Gasteiger charge is 2.03. The number of aromatic nitrogens is 6. The van der Waals surface area contributed by atoms with Gasteiger partial charge in [-0.1, -0.05) is 34.7 Å². The summed E-state index contributed by atoms with van der Waals surface area (Å²) >= 11 is 0. The lowest BCUT2D eigenvalue weighted by Gasteiger charge is -2.08. The quantitative estimate of drug-likeness (QED) is 0.259. The fourth-order valence-corrected chi connectivity index (χ4v) is 3.23. The molecule has 0 atom stereocenters. The molecular weight excluding hydrogens is 412 g/mol. The third-order valence-electron chi connectivity index (χ3n) is 4.85. The van der Waals surface area contributed by atoms with Crippen molar-refractivity contribution in [2.75, 3.05) is 52.9 Å². The second-order valence-corrected chi connectivity index (χ2v) is 7.05. The molecule has 170 valence electrons. The van der Waals surface area contributed by atoms with E-state index in [4.69, 9.17) is 18.9 Å². The monoisotopic (exact) mass is 440 g/mol. The maximum atomic E-state index is 5.60. The SMILES string of the molecule is c1ccc2c(c1)nnn2CCOCCOCCOCCOCCn1nnc2ccccc21. The van der Waals surface area contributed by atoms with Gasteiger partial charge >= 0.3 is 0 Å². The lowest BCUT2D eigenvalue weighted by atomic mass is 10.3. The molecule has 10 heteroatoms. The van der Waals surface area contributed by atoms with Crippen LogP contribution in [0.5, 0.6) is 0 Å². The molecule has 4 aromatic rings. The van der Waals surface area contributed by atoms with Crippen LogP contribution in [0.1, 0.15) is 0 Å². The van der Waals surface area contributed by atoms with Crippen LogP contribution in [0.25, 0.3) is 22.1 Å². The van der Waals surface area contributed by atoms with Crippen LogP contribution in [0, 0.1) is 0 Å². The molecule has 0 saturated heterocycles. The Labute approximate surface area is 186 Å². The van der Waals surface area contributed by atoms with Crippen molar-refractivity contribution in [2.24, 2.45) is 0 Å². The van der Waals surface area contributed by atoms with E-state index in [1.54, 1.807) is 0 Å². The molecule has 0 amide bonds. The molecule has 4 rings (SSSR count). The predicted octanol–water partition coefficient (Wildman–Crippen LogP) is 1.94. The van der Waals surface area contributed by atoms with Crippen molar-refractivity contribution >= 4 is 22.1 Å². The van der Waals surface area contributed by atoms with E-state index in [0.29, 0.717) is 65.9 Å². The number of para-hydroxylation sites is 2. The molecule has 0 unspecified atom stereocenters. The van der Waals surface area contributed by atoms with Gasteiger partial charge in [-0.15, -0.1) is 10.2 Å². The van der Waals surface area contributed by atoms with Gasteiger partial charge in [0.25, 0.3) is 0 Å². The Morgan fingerprint density at radius 2 is 0.875 bits per heavy atom. The third-order valence-corrected chi connectivity index (χ3v) is 4.85. The Morgan fingerprint density at radius 3 is 1.31 bits per heavy atom. The van der Waals surface area contributed by atoms with Gasteiger partial charge < -0.3 is 18.9 Å². The molecule has 0 radical (unpaired) electrons. The maximum absolute atomic E-state index is 5.60. The van der Waals surface area contributed by atoms with Crippen LogP contribution in [0.15, 0.2) is 48.5 Å². The first-order valence-corrected chi connectivity index (χ1v) is 10.8. The zero-order chi connectivity index (χ0) is 21.8. The van der Waals surface area contributed by atoms with Crippen molar-refractivity contribution in [2.45, 2.75) is 13.1 Å². The van der Waals surface area contributed by atoms with Gasteiger partial charge in [-0.25, -0.2) is 9.36 Å². The molecule has 0 spiro atoms. The summed E-state index contributed by atoms with van der Waals surface area (Å²) in [7, 11) is 0. The molecule has 0 saturated carbocycles. The second-order valence-electron chi connectivity index (χ2n) is 7.05. The summed E-state index contributed by atoms with van der Waals surface area (Å²) in [6.45, 7) is 5.65. The Bertz CT molecular complexity index is 996. The molecule has 2 aromatic carbocycles. The van der Waals surface area contributed by atoms with Crippen molar-refractivity contribution in [3.05, 3.63) is 48.5 Å². The summed E-state index contributed by atoms with van der Waals surface area (Å²) in [6, 6.07) is 15.8. The maximum Gasteiger partial charge on any atom is 0.113 e. The second kappa shape index (κ2) is 12.2. The smallest absolute Gasteiger partial charge is 0.113 e. The van der Waals surface area contributed by atoms with E-state index in [0.717, 1.165) is 22.1 Å². The zero-order valence-electron chi connectivity index (χ0n) is 18.0. The zero-order valence-corrected chi connectivity index (χ0v) is 18.0. The van der Waals surface area contributed by atoms with Crippen molar-refractivity contribution in [1.29, 1.82) is 0 Å². The Hall–Kier alpha value is -2.92. The lowest BCUT2D eigenvalue weighted by Crippen LogP contribution is -2.14. The first-order chi connectivity index (χ1) is 15.9. The van der Waals surface area contributed by atoms with Gasteiger partial charge in [-0.3, -0.25) is 0 Å². The van der Waals surface area contributed by atoms with Crippen LogP contribution in [-0.2, 0) is 32.0 Å². The van der Waals surface area contributed by atoms with E-state index in [-0.39, 0.29) is 0 Å². The highest BCUT2D eigenvalue weighted by atomic mass is 16.6. The number of ether oxygens (including phenoxy) is 4. The number of hydrogen-bond donors (Lipinski definition) is 0. The molecule has 2 heterocycles. The fourth-order valence-electron chi connectivity index (χ4n) is 3.23. The number of rotatable bonds is 15. The van der Waals surface area contributed by atoms with Gasteiger partial charge in [0.05, 0.1) is 77.0 Å². The average Bonchev–Trinajstić information content (AvgIpc) is 3.43. The van der Waals surface area contributed by atoms with E-state index in [2.05, 4.69) is 20.6 Å². The fraction of sp³-hybridized carbons (Fsp3) is 0.455. The summed E-state index contributed by atoms with van der Waals surface area (Å²) in [4.78, 5) is 0. The highest BCUT2D eigenvalue weighted by molar-refractivity contribution is 5.74. The molecule has 0 aliphatic heterocycles. The van der Waals surface area contributed by atoms with E-state index >= 15 is 0 Å². The van der Waals surface area contributed by atoms with E-state index in [9.17, 15) is 0 Å². The molecule has 0 N–H and O–H groups in total. The standard InChI is InChI=1S/C22H28N6O4/c1-3-7-21-19(5-1)23-25-27(21)9-11-29-13-15-31-17-18-32-16-14-30-12-10-28-22-8-4-2-6-20(22)24-26-28/h1-8H,9-18H2. The van der Waals surface area contributed by atoms with Crippen LogP contribution in [-0.4, -0.2) is 82.8 Å². The number of nitrogens with zero attached hydrogens (tertiary/aromatic N) is 6. The van der Waals surface area contributed by atoms with Crippen LogP contribution in [0.2, 0.25) is 0 Å². The number of benzene rings is 2. The number of fused-ring (bicyclic) bond motifs is 2. The topological polar surface area (TPSA) is 98.3 Å². The molecule has 0 bridgehead atoms. The minimum atomic E-state index is 0.530. The third kappa shape index (κ3) is 6.30. The first-order valence-electron chi connectivity index (χ1n) is 10.8. The average molecular weight is 441 g/mol. The molecule has 10 nitrogen and oxygen atoms in total. The van der Waals surface area contributed by atoms with Crippen LogP contribution >= 0.6 is 0 Å². The van der Waals surface area contributed by atoms with Crippen LogP contribution in [0.3, 0.4) is 0 Å². The largest absolute Gasteiger partial charge is 0.377 e. The van der Waals surface area contributed by atoms with Crippen molar-refractivity contribution in [3.8, 4) is 0 Å². The van der Waals surface area contributed by atoms with E-state index in [1.165, 1.54) is 0 Å². The summed E-state index contributed by atoms with van der Waals surface area (Å²) in [6.07, 6.45) is 0.